The maximum atomic E-state index is 12.1. The van der Waals surface area contributed by atoms with Gasteiger partial charge in [-0.2, -0.15) is 0 Å². The van der Waals surface area contributed by atoms with Gasteiger partial charge in [-0.3, -0.25) is 19.3 Å². The number of hydrogen-bond donors (Lipinski definition) is 0. The minimum Gasteiger partial charge on any atom is -0.303 e. The molecule has 0 radical (unpaired) electrons. The van der Waals surface area contributed by atoms with E-state index in [-0.39, 0.29) is 6.04 Å². The van der Waals surface area contributed by atoms with Gasteiger partial charge in [0.25, 0.3) is 0 Å². The number of carbonyl (C=O) groups is 3. The number of nitrogens with zero attached hydrogens (tertiary/aromatic N) is 2. The van der Waals surface area contributed by atoms with Crippen LogP contribution in [-0.4, -0.2) is 79.6 Å². The monoisotopic (exact) mass is 516 g/mol. The van der Waals surface area contributed by atoms with Gasteiger partial charge in [-0.1, -0.05) is 31.4 Å². The van der Waals surface area contributed by atoms with Crippen molar-refractivity contribution in [2.24, 2.45) is 0 Å². The van der Waals surface area contributed by atoms with E-state index in [2.05, 4.69) is 4.74 Å². The summed E-state index contributed by atoms with van der Waals surface area (Å²) in [5.41, 5.74) is 1.51. The molecule has 1 unspecified atom stereocenters. The molecule has 0 spiro atoms. The molecule has 1 aliphatic heterocycles. The number of carbonyl (C=O) groups excluding carboxylic acids is 3. The zero-order valence-electron chi connectivity index (χ0n) is 20.2. The zero-order valence-corrected chi connectivity index (χ0v) is 21.0. The van der Waals surface area contributed by atoms with Crippen molar-refractivity contribution in [2.75, 3.05) is 32.4 Å². The first-order valence-electron chi connectivity index (χ1n) is 12.0. The molecule has 1 saturated heterocycles. The highest BCUT2D eigenvalue weighted by Gasteiger charge is 2.38. The number of aldehydes is 3. The van der Waals surface area contributed by atoms with Crippen molar-refractivity contribution in [1.29, 1.82) is 0 Å². The second kappa shape index (κ2) is 15.4. The lowest BCUT2D eigenvalue weighted by Crippen LogP contribution is -2.53. The van der Waals surface area contributed by atoms with E-state index in [4.69, 9.17) is 0 Å². The average Bonchev–Trinajstić information content (AvgIpc) is 2.79. The highest BCUT2D eigenvalue weighted by Crippen LogP contribution is 2.28. The minimum absolute atomic E-state index is 0.315. The quantitative estimate of drug-likeness (QED) is 0.159. The first kappa shape index (κ1) is 29.5. The van der Waals surface area contributed by atoms with Crippen LogP contribution in [-0.2, 0) is 20.9 Å². The number of benzene rings is 1. The van der Waals surface area contributed by atoms with Crippen molar-refractivity contribution in [2.45, 2.75) is 74.9 Å². The van der Waals surface area contributed by atoms with E-state index < -0.39 is 12.5 Å². The SMILES string of the molecule is CN(Cc1c(C=O)cccc1SCCCCCCCN1CC(OC(F)(F)F)C1)C(C=O)CCC=O. The fourth-order valence-electron chi connectivity index (χ4n) is 4.11. The van der Waals surface area contributed by atoms with Crippen LogP contribution in [0.1, 0.15) is 60.9 Å². The Kier molecular flexibility index (Phi) is 13.0. The largest absolute Gasteiger partial charge is 0.522 e. The third-order valence-electron chi connectivity index (χ3n) is 6.11. The summed E-state index contributed by atoms with van der Waals surface area (Å²) in [5, 5.41) is 0. The van der Waals surface area contributed by atoms with Crippen molar-refractivity contribution < 1.29 is 32.3 Å². The minimum atomic E-state index is -4.55. The number of rotatable bonds is 18. The van der Waals surface area contributed by atoms with Crippen molar-refractivity contribution in [3.63, 3.8) is 0 Å². The molecular formula is C25H35F3N2O4S. The molecule has 1 aliphatic rings. The Morgan fingerprint density at radius 2 is 1.86 bits per heavy atom. The Hall–Kier alpha value is -1.75. The second-order valence-electron chi connectivity index (χ2n) is 8.87. The summed E-state index contributed by atoms with van der Waals surface area (Å²) < 4.78 is 40.4. The lowest BCUT2D eigenvalue weighted by atomic mass is 10.1. The Morgan fingerprint density at radius 3 is 2.51 bits per heavy atom. The fraction of sp³-hybridized carbons (Fsp3) is 0.640. The average molecular weight is 517 g/mol. The van der Waals surface area contributed by atoms with E-state index in [9.17, 15) is 27.6 Å². The van der Waals surface area contributed by atoms with E-state index in [1.165, 1.54) is 0 Å². The van der Waals surface area contributed by atoms with Crippen LogP contribution in [0.25, 0.3) is 0 Å². The molecular weight excluding hydrogens is 481 g/mol. The van der Waals surface area contributed by atoms with Crippen LogP contribution in [0.5, 0.6) is 0 Å². The van der Waals surface area contributed by atoms with Gasteiger partial charge in [0.15, 0.2) is 0 Å². The van der Waals surface area contributed by atoms with Crippen molar-refractivity contribution in [3.8, 4) is 0 Å². The molecule has 1 aromatic rings. The molecule has 0 amide bonds. The number of hydrogen-bond acceptors (Lipinski definition) is 7. The molecule has 196 valence electrons. The summed E-state index contributed by atoms with van der Waals surface area (Å²) in [6, 6.07) is 5.25. The lowest BCUT2D eigenvalue weighted by Gasteiger charge is -2.38. The standard InChI is InChI=1S/C25H35F3N2O4S/c1-29(21(19-33)10-8-13-31)17-23-20(18-32)9-7-11-24(23)35-14-6-4-2-3-5-12-30-15-22(16-30)34-25(26,27)28/h7,9,11,13,18-19,21-22H,2-6,8,10,12,14-17H2,1H3. The molecule has 1 aromatic carbocycles. The lowest BCUT2D eigenvalue weighted by molar-refractivity contribution is -0.354. The van der Waals surface area contributed by atoms with Crippen LogP contribution < -0.4 is 0 Å². The number of alkyl halides is 3. The Bertz CT molecular complexity index is 803. The predicted octanol–water partition coefficient (Wildman–Crippen LogP) is 4.74. The van der Waals surface area contributed by atoms with E-state index in [1.807, 2.05) is 29.0 Å². The maximum Gasteiger partial charge on any atom is 0.522 e. The number of ether oxygens (including phenoxy) is 1. The Balaban J connectivity index is 1.68. The highest BCUT2D eigenvalue weighted by atomic mass is 32.2. The van der Waals surface area contributed by atoms with Crippen LogP contribution in [0.15, 0.2) is 23.1 Å². The van der Waals surface area contributed by atoms with E-state index >= 15 is 0 Å². The van der Waals surface area contributed by atoms with E-state index in [1.54, 1.807) is 17.8 Å². The van der Waals surface area contributed by atoms with Gasteiger partial charge in [-0.05, 0) is 50.2 Å². The topological polar surface area (TPSA) is 66.9 Å². The number of unbranched alkanes of at least 4 members (excludes halogenated alkanes) is 4. The molecule has 35 heavy (non-hydrogen) atoms. The molecule has 10 heteroatoms. The van der Waals surface area contributed by atoms with Gasteiger partial charge < -0.3 is 9.59 Å². The third-order valence-corrected chi connectivity index (χ3v) is 7.29. The summed E-state index contributed by atoms with van der Waals surface area (Å²) in [6.45, 7) is 1.94. The fourth-order valence-corrected chi connectivity index (χ4v) is 5.21. The van der Waals surface area contributed by atoms with Crippen molar-refractivity contribution in [1.82, 2.24) is 9.80 Å². The van der Waals surface area contributed by atoms with E-state index in [0.29, 0.717) is 38.0 Å². The van der Waals surface area contributed by atoms with Gasteiger partial charge in [0, 0.05) is 36.5 Å². The highest BCUT2D eigenvalue weighted by molar-refractivity contribution is 7.99. The molecule has 6 nitrogen and oxygen atoms in total. The van der Waals surface area contributed by atoms with Gasteiger partial charge in [0.1, 0.15) is 18.9 Å². The normalized spacial score (nSPS) is 15.7. The van der Waals surface area contributed by atoms with E-state index in [0.717, 1.165) is 73.7 Å². The third kappa shape index (κ3) is 10.8. The van der Waals surface area contributed by atoms with Crippen LogP contribution in [0, 0.1) is 0 Å². The smallest absolute Gasteiger partial charge is 0.303 e. The van der Waals surface area contributed by atoms with Crippen LogP contribution in [0.3, 0.4) is 0 Å². The van der Waals surface area contributed by atoms with Crippen LogP contribution >= 0.6 is 11.8 Å². The summed E-state index contributed by atoms with van der Waals surface area (Å²) in [7, 11) is 1.82. The van der Waals surface area contributed by atoms with Gasteiger partial charge >= 0.3 is 6.36 Å². The van der Waals surface area contributed by atoms with Gasteiger partial charge in [0.2, 0.25) is 0 Å². The molecule has 1 atom stereocenters. The number of halogens is 3. The molecule has 0 saturated carbocycles. The second-order valence-corrected chi connectivity index (χ2v) is 10.0. The first-order chi connectivity index (χ1) is 16.8. The summed E-state index contributed by atoms with van der Waals surface area (Å²) >= 11 is 1.70. The predicted molar refractivity (Wildman–Crippen MR) is 130 cm³/mol. The maximum absolute atomic E-state index is 12.1. The molecule has 0 aliphatic carbocycles. The van der Waals surface area contributed by atoms with Crippen molar-refractivity contribution >= 4 is 30.6 Å². The molecule has 1 fully saturated rings. The van der Waals surface area contributed by atoms with Crippen molar-refractivity contribution in [3.05, 3.63) is 29.3 Å². The van der Waals surface area contributed by atoms with Crippen LogP contribution in [0.4, 0.5) is 13.2 Å². The Labute approximate surface area is 209 Å². The number of likely N-dealkylation sites (N-methyl/N-ethyl adjacent to an activating group) is 1. The molecule has 1 heterocycles. The first-order valence-corrected chi connectivity index (χ1v) is 13.0. The summed E-state index contributed by atoms with van der Waals surface area (Å²) in [5.74, 6) is 0.907. The molecule has 2 rings (SSSR count). The molecule has 0 N–H and O–H groups in total. The van der Waals surface area contributed by atoms with Crippen LogP contribution in [0.2, 0.25) is 0 Å². The summed E-state index contributed by atoms with van der Waals surface area (Å²) in [6.07, 6.45) is 3.14. The Morgan fingerprint density at radius 1 is 1.14 bits per heavy atom. The summed E-state index contributed by atoms with van der Waals surface area (Å²) in [4.78, 5) is 38.6. The molecule has 0 bridgehead atoms. The van der Waals surface area contributed by atoms with Gasteiger partial charge in [-0.15, -0.1) is 24.9 Å². The van der Waals surface area contributed by atoms with Gasteiger partial charge in [-0.25, -0.2) is 0 Å². The zero-order chi connectivity index (χ0) is 25.7. The molecule has 0 aromatic heterocycles. The number of thioether (sulfide) groups is 1. The van der Waals surface area contributed by atoms with Gasteiger partial charge in [0.05, 0.1) is 12.1 Å². The number of likely N-dealkylation sites (tertiary alicyclic amines) is 1.